The van der Waals surface area contributed by atoms with Crippen LogP contribution in [0.5, 0.6) is 0 Å². The zero-order valence-corrected chi connectivity index (χ0v) is 16.0. The first kappa shape index (κ1) is 20.1. The molecule has 0 atom stereocenters. The molecule has 0 unspecified atom stereocenters. The lowest BCUT2D eigenvalue weighted by atomic mass is 10.1. The van der Waals surface area contributed by atoms with E-state index in [4.69, 9.17) is 19.2 Å². The number of nitriles is 1. The van der Waals surface area contributed by atoms with Gasteiger partial charge in [-0.2, -0.15) is 5.26 Å². The number of carbonyl (C=O) groups is 2. The van der Waals surface area contributed by atoms with Crippen LogP contribution in [0.4, 0.5) is 5.69 Å². The summed E-state index contributed by atoms with van der Waals surface area (Å²) >= 11 is 0. The number of amides is 1. The zero-order chi connectivity index (χ0) is 20.6. The van der Waals surface area contributed by atoms with Gasteiger partial charge in [0.1, 0.15) is 12.1 Å². The second-order valence-corrected chi connectivity index (χ2v) is 6.09. The van der Waals surface area contributed by atoms with Gasteiger partial charge in [0.05, 0.1) is 12.7 Å². The predicted octanol–water partition coefficient (Wildman–Crippen LogP) is 3.68. The van der Waals surface area contributed by atoms with Gasteiger partial charge in [0.15, 0.2) is 6.61 Å². The number of carbonyl (C=O) groups excluding carboxylic acids is 2. The molecule has 29 heavy (non-hydrogen) atoms. The fourth-order valence-corrected chi connectivity index (χ4v) is 2.88. The molecule has 7 nitrogen and oxygen atoms in total. The average molecular weight is 392 g/mol. The summed E-state index contributed by atoms with van der Waals surface area (Å²) in [5.41, 5.74) is 1.67. The van der Waals surface area contributed by atoms with Gasteiger partial charge in [0, 0.05) is 23.2 Å². The Morgan fingerprint density at radius 1 is 1.10 bits per heavy atom. The summed E-state index contributed by atoms with van der Waals surface area (Å²) in [7, 11) is 0. The van der Waals surface area contributed by atoms with Crippen LogP contribution in [0.25, 0.3) is 11.0 Å². The van der Waals surface area contributed by atoms with E-state index in [0.29, 0.717) is 23.4 Å². The molecule has 0 bridgehead atoms. The quantitative estimate of drug-likeness (QED) is 0.429. The van der Waals surface area contributed by atoms with E-state index in [1.165, 1.54) is 4.90 Å². The van der Waals surface area contributed by atoms with E-state index in [-0.39, 0.29) is 18.9 Å². The van der Waals surface area contributed by atoms with E-state index in [0.717, 1.165) is 5.39 Å². The molecule has 0 aliphatic carbocycles. The summed E-state index contributed by atoms with van der Waals surface area (Å²) in [5.74, 6) is -1.25. The molecule has 3 aromatic rings. The van der Waals surface area contributed by atoms with E-state index in [9.17, 15) is 9.59 Å². The van der Waals surface area contributed by atoms with Crippen LogP contribution in [0.2, 0.25) is 0 Å². The number of benzene rings is 2. The minimum Gasteiger partial charge on any atom is -0.450 e. The van der Waals surface area contributed by atoms with Crippen LogP contribution in [0.3, 0.4) is 0 Å². The molecule has 148 valence electrons. The Hall–Kier alpha value is -3.63. The van der Waals surface area contributed by atoms with E-state index in [1.54, 1.807) is 42.5 Å². The molecule has 0 saturated heterocycles. The Labute approximate surface area is 168 Å². The molecule has 0 spiro atoms. The van der Waals surface area contributed by atoms with Crippen LogP contribution in [0.15, 0.2) is 59.0 Å². The van der Waals surface area contributed by atoms with E-state index < -0.39 is 18.5 Å². The van der Waals surface area contributed by atoms with E-state index >= 15 is 0 Å². The highest BCUT2D eigenvalue weighted by molar-refractivity contribution is 5.99. The van der Waals surface area contributed by atoms with E-state index in [1.807, 2.05) is 25.1 Å². The predicted molar refractivity (Wildman–Crippen MR) is 106 cm³/mol. The molecular weight excluding hydrogens is 372 g/mol. The van der Waals surface area contributed by atoms with Crippen LogP contribution < -0.4 is 4.90 Å². The van der Waals surface area contributed by atoms with Gasteiger partial charge in [-0.3, -0.25) is 9.69 Å². The fraction of sp³-hybridized carbons (Fsp3) is 0.227. The number of hydrogen-bond acceptors (Lipinski definition) is 6. The van der Waals surface area contributed by atoms with Crippen molar-refractivity contribution in [1.82, 2.24) is 0 Å². The molecule has 7 heteroatoms. The Morgan fingerprint density at radius 3 is 2.55 bits per heavy atom. The van der Waals surface area contributed by atoms with Crippen molar-refractivity contribution < 1.29 is 23.5 Å². The van der Waals surface area contributed by atoms with Crippen molar-refractivity contribution in [1.29, 1.82) is 5.26 Å². The number of esters is 1. The molecule has 0 aliphatic rings. The molecule has 0 saturated carbocycles. The summed E-state index contributed by atoms with van der Waals surface area (Å²) < 4.78 is 16.3. The maximum atomic E-state index is 12.6. The number of para-hydroxylation sites is 2. The lowest BCUT2D eigenvalue weighted by molar-refractivity contribution is -0.121. The monoisotopic (exact) mass is 392 g/mol. The molecule has 1 heterocycles. The molecule has 0 fully saturated rings. The molecule has 3 rings (SSSR count). The Morgan fingerprint density at radius 2 is 1.83 bits per heavy atom. The van der Waals surface area contributed by atoms with Crippen molar-refractivity contribution in [2.45, 2.75) is 13.5 Å². The number of nitrogens with zero attached hydrogens (tertiary/aromatic N) is 2. The third kappa shape index (κ3) is 4.62. The van der Waals surface area contributed by atoms with Crippen LogP contribution in [-0.4, -0.2) is 31.6 Å². The number of ether oxygens (including phenoxy) is 2. The van der Waals surface area contributed by atoms with Crippen molar-refractivity contribution in [3.8, 4) is 6.07 Å². The third-order valence-corrected chi connectivity index (χ3v) is 4.26. The first-order chi connectivity index (χ1) is 14.2. The average Bonchev–Trinajstić information content (AvgIpc) is 3.13. The maximum absolute atomic E-state index is 12.6. The SMILES string of the molecule is CCOCc1c(C(=O)OCC(=O)N(CC#N)c2ccccc2)oc2ccccc12. The highest BCUT2D eigenvalue weighted by Gasteiger charge is 2.24. The topological polar surface area (TPSA) is 92.8 Å². The van der Waals surface area contributed by atoms with Crippen molar-refractivity contribution in [3.63, 3.8) is 0 Å². The first-order valence-electron chi connectivity index (χ1n) is 9.13. The zero-order valence-electron chi connectivity index (χ0n) is 16.0. The Kier molecular flexibility index (Phi) is 6.61. The summed E-state index contributed by atoms with van der Waals surface area (Å²) in [5, 5.41) is 9.78. The molecule has 0 N–H and O–H groups in total. The minimum atomic E-state index is -0.755. The van der Waals surface area contributed by atoms with Crippen LogP contribution in [0, 0.1) is 11.3 Å². The number of rotatable bonds is 8. The Balaban J connectivity index is 1.76. The van der Waals surface area contributed by atoms with Gasteiger partial charge in [-0.15, -0.1) is 0 Å². The van der Waals surface area contributed by atoms with Crippen LogP contribution in [-0.2, 0) is 20.9 Å². The molecule has 0 radical (unpaired) electrons. The molecule has 2 aromatic carbocycles. The lowest BCUT2D eigenvalue weighted by Gasteiger charge is -2.19. The summed E-state index contributed by atoms with van der Waals surface area (Å²) in [6.45, 7) is 1.86. The number of anilines is 1. The molecule has 1 amide bonds. The van der Waals surface area contributed by atoms with Crippen molar-refractivity contribution in [2.24, 2.45) is 0 Å². The Bertz CT molecular complexity index is 1040. The highest BCUT2D eigenvalue weighted by atomic mass is 16.5. The van der Waals surface area contributed by atoms with Gasteiger partial charge in [-0.05, 0) is 25.1 Å². The second kappa shape index (κ2) is 9.53. The van der Waals surface area contributed by atoms with Gasteiger partial charge in [-0.1, -0.05) is 36.4 Å². The summed E-state index contributed by atoms with van der Waals surface area (Å²) in [4.78, 5) is 26.4. The van der Waals surface area contributed by atoms with Gasteiger partial charge >= 0.3 is 5.97 Å². The van der Waals surface area contributed by atoms with Gasteiger partial charge in [-0.25, -0.2) is 4.79 Å². The highest BCUT2D eigenvalue weighted by Crippen LogP contribution is 2.27. The van der Waals surface area contributed by atoms with Crippen molar-refractivity contribution in [3.05, 3.63) is 65.9 Å². The summed E-state index contributed by atoms with van der Waals surface area (Å²) in [6.07, 6.45) is 0. The fourth-order valence-electron chi connectivity index (χ4n) is 2.88. The van der Waals surface area contributed by atoms with Crippen molar-refractivity contribution in [2.75, 3.05) is 24.7 Å². The maximum Gasteiger partial charge on any atom is 0.375 e. The third-order valence-electron chi connectivity index (χ3n) is 4.26. The van der Waals surface area contributed by atoms with Crippen molar-refractivity contribution >= 4 is 28.5 Å². The van der Waals surface area contributed by atoms with Gasteiger partial charge in [0.25, 0.3) is 5.91 Å². The molecular formula is C22H20N2O5. The first-order valence-corrected chi connectivity index (χ1v) is 9.13. The largest absolute Gasteiger partial charge is 0.450 e. The smallest absolute Gasteiger partial charge is 0.375 e. The van der Waals surface area contributed by atoms with Gasteiger partial charge < -0.3 is 13.9 Å². The van der Waals surface area contributed by atoms with Crippen LogP contribution in [0.1, 0.15) is 23.0 Å². The molecule has 0 aliphatic heterocycles. The standard InChI is InChI=1S/C22H20N2O5/c1-2-27-14-18-17-10-6-7-11-19(17)29-21(18)22(26)28-15-20(25)24(13-12-23)16-8-4-3-5-9-16/h3-11H,2,13-15H2,1H3. The van der Waals surface area contributed by atoms with E-state index in [2.05, 4.69) is 0 Å². The number of fused-ring (bicyclic) bond motifs is 1. The van der Waals surface area contributed by atoms with Crippen LogP contribution >= 0.6 is 0 Å². The second-order valence-electron chi connectivity index (χ2n) is 6.09. The summed E-state index contributed by atoms with van der Waals surface area (Å²) in [6, 6.07) is 17.9. The number of furan rings is 1. The molecule has 1 aromatic heterocycles. The minimum absolute atomic E-state index is 0.0130. The van der Waals surface area contributed by atoms with Gasteiger partial charge in [0.2, 0.25) is 5.76 Å². The normalized spacial score (nSPS) is 10.5. The lowest BCUT2D eigenvalue weighted by Crippen LogP contribution is -2.35. The number of hydrogen-bond donors (Lipinski definition) is 0.